The summed E-state index contributed by atoms with van der Waals surface area (Å²) in [6, 6.07) is 14.4. The first-order chi connectivity index (χ1) is 16.6. The Balaban J connectivity index is 1.40. The van der Waals surface area contributed by atoms with Crippen molar-refractivity contribution < 1.29 is 19.4 Å². The molecule has 0 bridgehead atoms. The molecule has 1 saturated heterocycles. The van der Waals surface area contributed by atoms with Crippen LogP contribution in [0.4, 0.5) is 5.82 Å². The number of hydrogen-bond acceptors (Lipinski definition) is 7. The van der Waals surface area contributed by atoms with Crippen LogP contribution in [0.2, 0.25) is 5.02 Å². The number of aliphatic hydroxyl groups excluding tert-OH is 1. The van der Waals surface area contributed by atoms with Gasteiger partial charge in [0.1, 0.15) is 29.3 Å². The molecule has 1 aliphatic rings. The monoisotopic (exact) mass is 478 g/mol. The maximum absolute atomic E-state index is 13.5. The molecule has 0 spiro atoms. The van der Waals surface area contributed by atoms with Crippen LogP contribution in [0.5, 0.6) is 11.5 Å². The molecule has 0 radical (unpaired) electrons. The van der Waals surface area contributed by atoms with Crippen LogP contribution < -0.4 is 10.1 Å². The molecule has 2 atom stereocenters. The average Bonchev–Trinajstić information content (AvgIpc) is 3.30. The van der Waals surface area contributed by atoms with Gasteiger partial charge in [-0.15, -0.1) is 0 Å². The van der Waals surface area contributed by atoms with Gasteiger partial charge in [-0.2, -0.15) is 0 Å². The molecule has 3 heterocycles. The van der Waals surface area contributed by atoms with E-state index >= 15 is 0 Å². The number of ether oxygens (including phenoxy) is 2. The number of para-hydroxylation sites is 1. The SMILES string of the molecule is O=C(c1ccc(Oc2ccccc2)cc1Cl)c1c[nH]c2ncnc(N[C@@H]3CC[C@@H](CO)OC3)c12. The number of benzene rings is 2. The van der Waals surface area contributed by atoms with Crippen molar-refractivity contribution in [2.75, 3.05) is 18.5 Å². The Labute approximate surface area is 200 Å². The fraction of sp³-hybridized carbons (Fsp3) is 0.240. The van der Waals surface area contributed by atoms with Crippen LogP contribution in [0.3, 0.4) is 0 Å². The number of halogens is 1. The highest BCUT2D eigenvalue weighted by molar-refractivity contribution is 6.35. The van der Waals surface area contributed by atoms with E-state index in [1.807, 2.05) is 30.3 Å². The van der Waals surface area contributed by atoms with Crippen LogP contribution >= 0.6 is 11.6 Å². The number of rotatable bonds is 7. The average molecular weight is 479 g/mol. The third-order valence-corrected chi connectivity index (χ3v) is 6.11. The molecule has 8 nitrogen and oxygen atoms in total. The lowest BCUT2D eigenvalue weighted by Gasteiger charge is -2.29. The number of aromatic nitrogens is 3. The van der Waals surface area contributed by atoms with Crippen LogP contribution in [-0.2, 0) is 4.74 Å². The van der Waals surface area contributed by atoms with Crippen LogP contribution in [0.1, 0.15) is 28.8 Å². The molecule has 1 fully saturated rings. The fourth-order valence-electron chi connectivity index (χ4n) is 4.02. The van der Waals surface area contributed by atoms with E-state index < -0.39 is 0 Å². The molecule has 5 rings (SSSR count). The van der Waals surface area contributed by atoms with E-state index in [1.54, 1.807) is 24.4 Å². The number of aliphatic hydroxyl groups is 1. The zero-order valence-electron chi connectivity index (χ0n) is 18.2. The Morgan fingerprint density at radius 3 is 2.74 bits per heavy atom. The van der Waals surface area contributed by atoms with E-state index in [-0.39, 0.29) is 29.6 Å². The fourth-order valence-corrected chi connectivity index (χ4v) is 4.28. The van der Waals surface area contributed by atoms with Gasteiger partial charge in [-0.3, -0.25) is 4.79 Å². The summed E-state index contributed by atoms with van der Waals surface area (Å²) in [5.41, 5.74) is 1.32. The third kappa shape index (κ3) is 4.61. The van der Waals surface area contributed by atoms with Crippen molar-refractivity contribution in [2.24, 2.45) is 0 Å². The Hall–Kier alpha value is -3.46. The van der Waals surface area contributed by atoms with E-state index in [9.17, 15) is 9.90 Å². The molecule has 2 aromatic heterocycles. The van der Waals surface area contributed by atoms with Gasteiger partial charge >= 0.3 is 0 Å². The maximum atomic E-state index is 13.5. The molecule has 0 amide bonds. The van der Waals surface area contributed by atoms with Crippen molar-refractivity contribution in [1.82, 2.24) is 15.0 Å². The predicted molar refractivity (Wildman–Crippen MR) is 129 cm³/mol. The number of carbonyl (C=O) groups excluding carboxylic acids is 1. The van der Waals surface area contributed by atoms with Crippen molar-refractivity contribution in [3.63, 3.8) is 0 Å². The Morgan fingerprint density at radius 2 is 2.00 bits per heavy atom. The Kier molecular flexibility index (Phi) is 6.44. The van der Waals surface area contributed by atoms with Crippen LogP contribution in [0.25, 0.3) is 11.0 Å². The van der Waals surface area contributed by atoms with Gasteiger partial charge in [0.2, 0.25) is 0 Å². The van der Waals surface area contributed by atoms with Gasteiger partial charge in [-0.25, -0.2) is 9.97 Å². The van der Waals surface area contributed by atoms with E-state index in [0.717, 1.165) is 12.8 Å². The highest BCUT2D eigenvalue weighted by atomic mass is 35.5. The number of nitrogens with zero attached hydrogens (tertiary/aromatic N) is 2. The van der Waals surface area contributed by atoms with Crippen molar-refractivity contribution in [3.8, 4) is 11.5 Å². The van der Waals surface area contributed by atoms with Gasteiger partial charge < -0.3 is 24.9 Å². The van der Waals surface area contributed by atoms with E-state index in [0.29, 0.717) is 46.1 Å². The predicted octanol–water partition coefficient (Wildman–Crippen LogP) is 4.59. The number of nitrogens with one attached hydrogen (secondary N) is 2. The van der Waals surface area contributed by atoms with Crippen molar-refractivity contribution in [2.45, 2.75) is 25.0 Å². The molecule has 174 valence electrons. The highest BCUT2D eigenvalue weighted by Gasteiger charge is 2.25. The molecule has 1 aliphatic heterocycles. The number of hydrogen-bond donors (Lipinski definition) is 3. The van der Waals surface area contributed by atoms with Gasteiger partial charge in [0.05, 0.1) is 41.3 Å². The first-order valence-corrected chi connectivity index (χ1v) is 11.4. The topological polar surface area (TPSA) is 109 Å². The molecule has 0 aliphatic carbocycles. The molecular weight excluding hydrogens is 456 g/mol. The zero-order chi connectivity index (χ0) is 23.5. The summed E-state index contributed by atoms with van der Waals surface area (Å²) in [7, 11) is 0. The third-order valence-electron chi connectivity index (χ3n) is 5.79. The number of anilines is 1. The Morgan fingerprint density at radius 1 is 1.15 bits per heavy atom. The number of carbonyl (C=O) groups is 1. The summed E-state index contributed by atoms with van der Waals surface area (Å²) in [6.07, 6.45) is 4.49. The van der Waals surface area contributed by atoms with Gasteiger partial charge in [-0.05, 0) is 37.1 Å². The molecule has 3 N–H and O–H groups in total. The summed E-state index contributed by atoms with van der Waals surface area (Å²) >= 11 is 6.49. The largest absolute Gasteiger partial charge is 0.457 e. The number of aromatic amines is 1. The highest BCUT2D eigenvalue weighted by Crippen LogP contribution is 2.32. The maximum Gasteiger partial charge on any atom is 0.196 e. The molecule has 2 aromatic carbocycles. The standard InChI is InChI=1S/C25H23ClN4O4/c26-21-10-17(34-16-4-2-1-3-5-16)8-9-19(21)23(32)20-11-27-24-22(20)25(29-14-28-24)30-15-6-7-18(12-31)33-13-15/h1-5,8-11,14-15,18,31H,6-7,12-13H2,(H2,27,28,29,30)/t15-,18+/m1/s1. The van der Waals surface area contributed by atoms with Crippen LogP contribution in [-0.4, -0.2) is 51.2 Å². The summed E-state index contributed by atoms with van der Waals surface area (Å²) in [4.78, 5) is 25.2. The zero-order valence-corrected chi connectivity index (χ0v) is 19.0. The molecule has 9 heteroatoms. The molecule has 34 heavy (non-hydrogen) atoms. The normalized spacial score (nSPS) is 18.1. The minimum absolute atomic E-state index is 0.0108. The first kappa shape index (κ1) is 22.3. The molecule has 4 aromatic rings. The quantitative estimate of drug-likeness (QED) is 0.333. The molecular formula is C25H23ClN4O4. The van der Waals surface area contributed by atoms with Crippen molar-refractivity contribution in [3.05, 3.63) is 77.2 Å². The van der Waals surface area contributed by atoms with Crippen LogP contribution in [0, 0.1) is 0 Å². The van der Waals surface area contributed by atoms with Crippen LogP contribution in [0.15, 0.2) is 61.1 Å². The summed E-state index contributed by atoms with van der Waals surface area (Å²) in [6.45, 7) is 0.454. The van der Waals surface area contributed by atoms with Gasteiger partial charge in [0.15, 0.2) is 5.78 Å². The second kappa shape index (κ2) is 9.80. The summed E-state index contributed by atoms with van der Waals surface area (Å²) < 4.78 is 11.5. The second-order valence-corrected chi connectivity index (χ2v) is 8.50. The van der Waals surface area contributed by atoms with Crippen molar-refractivity contribution in [1.29, 1.82) is 0 Å². The van der Waals surface area contributed by atoms with Gasteiger partial charge in [-0.1, -0.05) is 29.8 Å². The minimum Gasteiger partial charge on any atom is -0.457 e. The lowest BCUT2D eigenvalue weighted by Crippen LogP contribution is -2.36. The lowest BCUT2D eigenvalue weighted by atomic mass is 10.0. The van der Waals surface area contributed by atoms with E-state index in [4.69, 9.17) is 21.1 Å². The second-order valence-electron chi connectivity index (χ2n) is 8.09. The lowest BCUT2D eigenvalue weighted by molar-refractivity contribution is -0.0224. The van der Waals surface area contributed by atoms with E-state index in [2.05, 4.69) is 20.3 Å². The number of ketones is 1. The van der Waals surface area contributed by atoms with Gasteiger partial charge in [0, 0.05) is 17.8 Å². The Bertz CT molecular complexity index is 1300. The van der Waals surface area contributed by atoms with E-state index in [1.165, 1.54) is 6.33 Å². The number of fused-ring (bicyclic) bond motifs is 1. The summed E-state index contributed by atoms with van der Waals surface area (Å²) in [5, 5.41) is 13.5. The molecule has 0 unspecified atom stereocenters. The first-order valence-electron chi connectivity index (χ1n) is 11.0. The molecule has 0 saturated carbocycles. The van der Waals surface area contributed by atoms with Gasteiger partial charge in [0.25, 0.3) is 0 Å². The number of H-pyrrole nitrogens is 1. The smallest absolute Gasteiger partial charge is 0.196 e. The summed E-state index contributed by atoms with van der Waals surface area (Å²) in [5.74, 6) is 1.52. The minimum atomic E-state index is -0.249. The van der Waals surface area contributed by atoms with Crippen molar-refractivity contribution >= 4 is 34.2 Å².